The molecule has 2 rings (SSSR count). The van der Waals surface area contributed by atoms with Crippen molar-refractivity contribution >= 4 is 27.3 Å². The first-order chi connectivity index (χ1) is 7.11. The van der Waals surface area contributed by atoms with Crippen LogP contribution in [0.5, 0.6) is 0 Å². The van der Waals surface area contributed by atoms with Gasteiger partial charge in [-0.05, 0) is 27.4 Å². The zero-order valence-corrected chi connectivity index (χ0v) is 10.1. The van der Waals surface area contributed by atoms with Crippen LogP contribution in [0.15, 0.2) is 31.0 Å². The van der Waals surface area contributed by atoms with Crippen LogP contribution in [0.2, 0.25) is 0 Å². The Kier molecular flexibility index (Phi) is 2.57. The summed E-state index contributed by atoms with van der Waals surface area (Å²) in [5.41, 5.74) is -0.241. The Hall–Kier alpha value is -1.21. The topological polar surface area (TPSA) is 56.9 Å². The van der Waals surface area contributed by atoms with Crippen molar-refractivity contribution < 1.29 is 0 Å². The Morgan fingerprint density at radius 2 is 2.20 bits per heavy atom. The highest BCUT2D eigenvalue weighted by molar-refractivity contribution is 9.10. The van der Waals surface area contributed by atoms with E-state index < -0.39 is 11.2 Å². The summed E-state index contributed by atoms with van der Waals surface area (Å²) in [6.45, 7) is 0. The summed E-state index contributed by atoms with van der Waals surface area (Å²) < 4.78 is 2.31. The summed E-state index contributed by atoms with van der Waals surface area (Å²) in [4.78, 5) is 23.0. The molecule has 78 valence electrons. The number of halogens is 1. The molecular weight excluding hydrogens is 282 g/mol. The molecule has 0 spiro atoms. The van der Waals surface area contributed by atoms with Crippen LogP contribution in [0.1, 0.15) is 0 Å². The Bertz CT molecular complexity index is 599. The van der Waals surface area contributed by atoms with Crippen molar-refractivity contribution in [3.05, 3.63) is 42.3 Å². The molecule has 0 radical (unpaired) electrons. The van der Waals surface area contributed by atoms with E-state index in [-0.39, 0.29) is 4.60 Å². The molecule has 0 bridgehead atoms. The predicted molar refractivity (Wildman–Crippen MR) is 60.7 cm³/mol. The maximum atomic E-state index is 11.7. The lowest BCUT2D eigenvalue weighted by Crippen LogP contribution is -2.39. The predicted octanol–water partition coefficient (Wildman–Crippen LogP) is 0.755. The van der Waals surface area contributed by atoms with E-state index in [1.807, 2.05) is 5.38 Å². The molecule has 0 saturated carbocycles. The van der Waals surface area contributed by atoms with Crippen LogP contribution in [0, 0.1) is 0 Å². The van der Waals surface area contributed by atoms with E-state index in [2.05, 4.69) is 21.0 Å². The molecule has 7 heteroatoms. The maximum Gasteiger partial charge on any atom is 0.352 e. The number of hydrogen-bond donors (Lipinski definition) is 0. The number of aromatic nitrogens is 3. The van der Waals surface area contributed by atoms with Crippen molar-refractivity contribution in [3.63, 3.8) is 0 Å². The van der Waals surface area contributed by atoms with Gasteiger partial charge in [-0.15, -0.1) is 0 Å². The van der Waals surface area contributed by atoms with E-state index >= 15 is 0 Å². The molecule has 0 aromatic carbocycles. The molecule has 0 fully saturated rings. The van der Waals surface area contributed by atoms with Crippen molar-refractivity contribution in [1.29, 1.82) is 0 Å². The zero-order chi connectivity index (χ0) is 11.0. The second kappa shape index (κ2) is 3.74. The van der Waals surface area contributed by atoms with Crippen LogP contribution in [0.3, 0.4) is 0 Å². The fourth-order valence-corrected chi connectivity index (χ4v) is 2.13. The van der Waals surface area contributed by atoms with Gasteiger partial charge in [-0.25, -0.2) is 4.79 Å². The van der Waals surface area contributed by atoms with Gasteiger partial charge in [0.05, 0.1) is 5.69 Å². The molecule has 0 aliphatic heterocycles. The highest BCUT2D eigenvalue weighted by atomic mass is 79.9. The molecule has 5 nitrogen and oxygen atoms in total. The average Bonchev–Trinajstić information content (AvgIpc) is 2.73. The normalized spacial score (nSPS) is 10.5. The highest BCUT2D eigenvalue weighted by Crippen LogP contribution is 2.08. The first kappa shape index (κ1) is 10.3. The molecule has 0 saturated heterocycles. The fourth-order valence-electron chi connectivity index (χ4n) is 1.09. The third-order valence-electron chi connectivity index (χ3n) is 1.89. The summed E-state index contributed by atoms with van der Waals surface area (Å²) >= 11 is 4.47. The average molecular weight is 288 g/mol. The van der Waals surface area contributed by atoms with E-state index in [4.69, 9.17) is 0 Å². The SMILES string of the molecule is Cn1c(=O)c(Br)nn(-c2ccsc2)c1=O. The summed E-state index contributed by atoms with van der Waals surface area (Å²) in [7, 11) is 1.42. The molecule has 0 aliphatic carbocycles. The van der Waals surface area contributed by atoms with Gasteiger partial charge in [-0.3, -0.25) is 9.36 Å². The van der Waals surface area contributed by atoms with Gasteiger partial charge in [-0.1, -0.05) is 0 Å². The third kappa shape index (κ3) is 1.68. The molecule has 0 amide bonds. The molecule has 2 aromatic heterocycles. The summed E-state index contributed by atoms with van der Waals surface area (Å²) in [5, 5.41) is 7.49. The smallest absolute Gasteiger partial charge is 0.266 e. The van der Waals surface area contributed by atoms with Gasteiger partial charge in [0.15, 0.2) is 4.60 Å². The molecule has 2 heterocycles. The van der Waals surface area contributed by atoms with Crippen LogP contribution in [0.4, 0.5) is 0 Å². The lowest BCUT2D eigenvalue weighted by Gasteiger charge is -2.03. The molecule has 2 aromatic rings. The lowest BCUT2D eigenvalue weighted by atomic mass is 10.5. The highest BCUT2D eigenvalue weighted by Gasteiger charge is 2.09. The number of nitrogens with zero attached hydrogens (tertiary/aromatic N) is 3. The third-order valence-corrected chi connectivity index (χ3v) is 3.06. The van der Waals surface area contributed by atoms with Crippen molar-refractivity contribution in [2.45, 2.75) is 0 Å². The quantitative estimate of drug-likeness (QED) is 0.778. The fraction of sp³-hybridized carbons (Fsp3) is 0.125. The van der Waals surface area contributed by atoms with Gasteiger partial charge in [-0.2, -0.15) is 21.1 Å². The van der Waals surface area contributed by atoms with E-state index in [1.165, 1.54) is 23.1 Å². The minimum absolute atomic E-state index is 0.121. The Morgan fingerprint density at radius 3 is 2.80 bits per heavy atom. The molecule has 0 atom stereocenters. The standard InChI is InChI=1S/C8H6BrN3O2S/c1-11-7(13)6(9)10-12(8(11)14)5-2-3-15-4-5/h2-4H,1H3. The van der Waals surface area contributed by atoms with Crippen LogP contribution in [0.25, 0.3) is 5.69 Å². The second-order valence-corrected chi connectivity index (χ2v) is 4.36. The lowest BCUT2D eigenvalue weighted by molar-refractivity contribution is 0.644. The van der Waals surface area contributed by atoms with Gasteiger partial charge in [0, 0.05) is 12.4 Å². The van der Waals surface area contributed by atoms with Gasteiger partial charge in [0.2, 0.25) is 0 Å². The van der Waals surface area contributed by atoms with Crippen LogP contribution in [-0.4, -0.2) is 14.3 Å². The van der Waals surface area contributed by atoms with Gasteiger partial charge in [0.1, 0.15) is 0 Å². The molecule has 0 unspecified atom stereocenters. The minimum Gasteiger partial charge on any atom is -0.266 e. The van der Waals surface area contributed by atoms with E-state index in [9.17, 15) is 9.59 Å². The zero-order valence-electron chi connectivity index (χ0n) is 7.68. The minimum atomic E-state index is -0.457. The van der Waals surface area contributed by atoms with E-state index in [1.54, 1.807) is 11.4 Å². The number of hydrogen-bond acceptors (Lipinski definition) is 4. The van der Waals surface area contributed by atoms with Crippen molar-refractivity contribution in [1.82, 2.24) is 14.3 Å². The van der Waals surface area contributed by atoms with E-state index in [0.29, 0.717) is 5.69 Å². The van der Waals surface area contributed by atoms with Crippen molar-refractivity contribution in [3.8, 4) is 5.69 Å². The first-order valence-electron chi connectivity index (χ1n) is 3.99. The van der Waals surface area contributed by atoms with Crippen molar-refractivity contribution in [2.24, 2.45) is 7.05 Å². The van der Waals surface area contributed by atoms with Gasteiger partial charge < -0.3 is 0 Å². The maximum absolute atomic E-state index is 11.7. The van der Waals surface area contributed by atoms with Gasteiger partial charge >= 0.3 is 5.69 Å². The Labute approximate surface area is 96.7 Å². The van der Waals surface area contributed by atoms with Crippen LogP contribution >= 0.6 is 27.3 Å². The summed E-state index contributed by atoms with van der Waals surface area (Å²) in [6, 6.07) is 1.76. The van der Waals surface area contributed by atoms with Crippen LogP contribution in [-0.2, 0) is 7.05 Å². The number of thiophene rings is 1. The van der Waals surface area contributed by atoms with Crippen molar-refractivity contribution in [2.75, 3.05) is 0 Å². The monoisotopic (exact) mass is 287 g/mol. The van der Waals surface area contributed by atoms with E-state index in [0.717, 1.165) is 4.57 Å². The first-order valence-corrected chi connectivity index (χ1v) is 5.73. The Balaban J connectivity index is 2.81. The van der Waals surface area contributed by atoms with Gasteiger partial charge in [0.25, 0.3) is 5.56 Å². The summed E-state index contributed by atoms with van der Waals surface area (Å²) in [5.74, 6) is 0. The molecule has 0 N–H and O–H groups in total. The number of rotatable bonds is 1. The second-order valence-electron chi connectivity index (χ2n) is 2.83. The largest absolute Gasteiger partial charge is 0.352 e. The molecule has 0 aliphatic rings. The molecular formula is C8H6BrN3O2S. The van der Waals surface area contributed by atoms with Crippen LogP contribution < -0.4 is 11.2 Å². The Morgan fingerprint density at radius 1 is 1.47 bits per heavy atom. The molecule has 15 heavy (non-hydrogen) atoms. The summed E-state index contributed by atoms with van der Waals surface area (Å²) in [6.07, 6.45) is 0.